The van der Waals surface area contributed by atoms with E-state index in [1.54, 1.807) is 11.2 Å². The highest BCUT2D eigenvalue weighted by Crippen LogP contribution is 2.36. The number of carbonyl (C=O) groups is 1. The smallest absolute Gasteiger partial charge is 0.353 e. The summed E-state index contributed by atoms with van der Waals surface area (Å²) < 4.78 is 41.1. The normalized spacial score (nSPS) is 14.5. The van der Waals surface area contributed by atoms with E-state index in [4.69, 9.17) is 11.6 Å². The Hall–Kier alpha value is -3.34. The van der Waals surface area contributed by atoms with Crippen molar-refractivity contribution in [3.63, 3.8) is 0 Å². The van der Waals surface area contributed by atoms with Crippen LogP contribution in [0.15, 0.2) is 36.9 Å². The van der Waals surface area contributed by atoms with Crippen LogP contribution in [0.2, 0.25) is 5.02 Å². The molecule has 0 radical (unpaired) electrons. The summed E-state index contributed by atoms with van der Waals surface area (Å²) in [5.41, 5.74) is 0.940. The van der Waals surface area contributed by atoms with Gasteiger partial charge in [0.1, 0.15) is 24.3 Å². The molecule has 0 saturated carbocycles. The van der Waals surface area contributed by atoms with Gasteiger partial charge in [-0.3, -0.25) is 4.57 Å². The highest BCUT2D eigenvalue weighted by molar-refractivity contribution is 6.31. The van der Waals surface area contributed by atoms with Crippen molar-refractivity contribution in [2.75, 3.05) is 36.4 Å². The van der Waals surface area contributed by atoms with Crippen LogP contribution in [-0.2, 0) is 6.18 Å². The first kappa shape index (κ1) is 22.8. The molecule has 174 valence electrons. The third kappa shape index (κ3) is 4.87. The van der Waals surface area contributed by atoms with Gasteiger partial charge in [0, 0.05) is 43.6 Å². The van der Waals surface area contributed by atoms with Crippen LogP contribution in [0.4, 0.5) is 29.5 Å². The average molecular weight is 480 g/mol. The van der Waals surface area contributed by atoms with E-state index in [1.165, 1.54) is 12.4 Å². The Morgan fingerprint density at radius 2 is 1.73 bits per heavy atom. The average Bonchev–Trinajstić information content (AvgIpc) is 3.13. The lowest BCUT2D eigenvalue weighted by molar-refractivity contribution is -0.137. The van der Waals surface area contributed by atoms with Gasteiger partial charge >= 0.3 is 12.2 Å². The van der Waals surface area contributed by atoms with E-state index in [2.05, 4.69) is 20.3 Å². The summed E-state index contributed by atoms with van der Waals surface area (Å²) in [5, 5.41) is 2.10. The van der Waals surface area contributed by atoms with Crippen LogP contribution >= 0.6 is 11.6 Å². The number of nitrogens with zero attached hydrogens (tertiary/aromatic N) is 6. The van der Waals surface area contributed by atoms with Crippen molar-refractivity contribution < 1.29 is 18.0 Å². The number of alkyl halides is 3. The number of rotatable bonds is 3. The minimum atomic E-state index is -4.60. The third-order valence-electron chi connectivity index (χ3n) is 5.55. The number of aryl methyl sites for hydroxylation is 1. The van der Waals surface area contributed by atoms with Crippen molar-refractivity contribution >= 4 is 29.1 Å². The Morgan fingerprint density at radius 1 is 1.03 bits per heavy atom. The maximum Gasteiger partial charge on any atom is 0.417 e. The predicted molar refractivity (Wildman–Crippen MR) is 118 cm³/mol. The lowest BCUT2D eigenvalue weighted by Gasteiger charge is -2.35. The monoisotopic (exact) mass is 479 g/mol. The van der Waals surface area contributed by atoms with Crippen molar-refractivity contribution in [1.29, 1.82) is 0 Å². The fourth-order valence-electron chi connectivity index (χ4n) is 3.53. The molecule has 1 aliphatic heterocycles. The summed E-state index contributed by atoms with van der Waals surface area (Å²) in [6, 6.07) is 4.68. The molecule has 3 heterocycles. The molecule has 0 aliphatic carbocycles. The van der Waals surface area contributed by atoms with Gasteiger partial charge in [0.15, 0.2) is 0 Å². The molecule has 1 N–H and O–H groups in total. The Balaban J connectivity index is 1.40. The minimum Gasteiger partial charge on any atom is -0.353 e. The van der Waals surface area contributed by atoms with Gasteiger partial charge in [0.2, 0.25) is 0 Å². The molecule has 1 aliphatic rings. The van der Waals surface area contributed by atoms with Gasteiger partial charge in [-0.15, -0.1) is 0 Å². The van der Waals surface area contributed by atoms with Crippen molar-refractivity contribution in [3.8, 4) is 5.82 Å². The first-order chi connectivity index (χ1) is 15.6. The molecule has 33 heavy (non-hydrogen) atoms. The van der Waals surface area contributed by atoms with Gasteiger partial charge in [-0.25, -0.2) is 19.7 Å². The van der Waals surface area contributed by atoms with E-state index < -0.39 is 22.8 Å². The van der Waals surface area contributed by atoms with Crippen LogP contribution < -0.4 is 10.2 Å². The molecule has 0 bridgehead atoms. The van der Waals surface area contributed by atoms with Crippen LogP contribution in [0.5, 0.6) is 0 Å². The van der Waals surface area contributed by atoms with E-state index in [0.717, 1.165) is 29.3 Å². The fourth-order valence-corrected chi connectivity index (χ4v) is 3.76. The van der Waals surface area contributed by atoms with E-state index in [1.807, 2.05) is 29.4 Å². The second kappa shape index (κ2) is 8.89. The van der Waals surface area contributed by atoms with Gasteiger partial charge in [0.05, 0.1) is 16.3 Å². The Kier molecular flexibility index (Phi) is 6.15. The highest BCUT2D eigenvalue weighted by atomic mass is 35.5. The molecule has 1 fully saturated rings. The summed E-state index contributed by atoms with van der Waals surface area (Å²) in [7, 11) is 0. The number of aromatic nitrogens is 4. The summed E-state index contributed by atoms with van der Waals surface area (Å²) in [5.74, 6) is 1.42. The second-order valence-electron chi connectivity index (χ2n) is 7.62. The maximum absolute atomic E-state index is 13.1. The number of carbonyl (C=O) groups excluding carboxylic acids is 1. The zero-order valence-electron chi connectivity index (χ0n) is 17.9. The summed E-state index contributed by atoms with van der Waals surface area (Å²) >= 11 is 5.64. The third-order valence-corrected chi connectivity index (χ3v) is 5.88. The Morgan fingerprint density at radius 3 is 2.36 bits per heavy atom. The van der Waals surface area contributed by atoms with E-state index in [-0.39, 0.29) is 5.69 Å². The molecule has 1 saturated heterocycles. The summed E-state index contributed by atoms with van der Waals surface area (Å²) in [6.07, 6.45) is -1.41. The summed E-state index contributed by atoms with van der Waals surface area (Å²) in [4.78, 5) is 29.1. The predicted octanol–water partition coefficient (Wildman–Crippen LogP) is 4.31. The number of nitrogens with one attached hydrogen (secondary N) is 1. The molecule has 2 amide bonds. The van der Waals surface area contributed by atoms with Gasteiger partial charge in [-0.1, -0.05) is 11.6 Å². The standard InChI is InChI=1S/C21H21ClF3N7O/c1-13-14(2)32(12-28-13)19-10-18(26-11-27-19)30-5-7-31(8-6-30)20(33)29-15-3-4-17(22)16(9-15)21(23,24)25/h3-4,9-12H,5-8H2,1-2H3,(H,29,33). The van der Waals surface area contributed by atoms with Gasteiger partial charge in [-0.2, -0.15) is 13.2 Å². The number of urea groups is 1. The molecule has 2 aromatic heterocycles. The van der Waals surface area contributed by atoms with Crippen LogP contribution in [0, 0.1) is 13.8 Å². The van der Waals surface area contributed by atoms with Crippen LogP contribution in [0.3, 0.4) is 0 Å². The van der Waals surface area contributed by atoms with Crippen LogP contribution in [0.1, 0.15) is 17.0 Å². The topological polar surface area (TPSA) is 79.2 Å². The minimum absolute atomic E-state index is 0.0330. The highest BCUT2D eigenvalue weighted by Gasteiger charge is 2.33. The number of halogens is 4. The number of amides is 2. The van der Waals surface area contributed by atoms with Crippen molar-refractivity contribution in [3.05, 3.63) is 58.9 Å². The largest absolute Gasteiger partial charge is 0.417 e. The Labute approximate surface area is 193 Å². The van der Waals surface area contributed by atoms with Crippen molar-refractivity contribution in [1.82, 2.24) is 24.4 Å². The van der Waals surface area contributed by atoms with Gasteiger partial charge < -0.3 is 15.1 Å². The molecule has 4 rings (SSSR count). The van der Waals surface area contributed by atoms with E-state index in [0.29, 0.717) is 32.0 Å². The zero-order chi connectivity index (χ0) is 23.8. The summed E-state index contributed by atoms with van der Waals surface area (Å²) in [6.45, 7) is 5.68. The first-order valence-corrected chi connectivity index (χ1v) is 10.5. The second-order valence-corrected chi connectivity index (χ2v) is 8.02. The molecule has 8 nitrogen and oxygen atoms in total. The van der Waals surface area contributed by atoms with E-state index >= 15 is 0 Å². The van der Waals surface area contributed by atoms with Crippen molar-refractivity contribution in [2.24, 2.45) is 0 Å². The molecular formula is C21H21ClF3N7O. The van der Waals surface area contributed by atoms with Crippen molar-refractivity contribution in [2.45, 2.75) is 20.0 Å². The molecule has 12 heteroatoms. The Bertz CT molecular complexity index is 1170. The van der Waals surface area contributed by atoms with Gasteiger partial charge in [-0.05, 0) is 32.0 Å². The zero-order valence-corrected chi connectivity index (χ0v) is 18.7. The molecule has 0 unspecified atom stereocenters. The quantitative estimate of drug-likeness (QED) is 0.605. The number of piperazine rings is 1. The SMILES string of the molecule is Cc1ncn(-c2cc(N3CCN(C(=O)Nc4ccc(Cl)c(C(F)(F)F)c4)CC3)ncn2)c1C. The lowest BCUT2D eigenvalue weighted by atomic mass is 10.2. The maximum atomic E-state index is 13.1. The molecular weight excluding hydrogens is 459 g/mol. The lowest BCUT2D eigenvalue weighted by Crippen LogP contribution is -2.50. The molecule has 1 aromatic carbocycles. The molecule has 3 aromatic rings. The van der Waals surface area contributed by atoms with Crippen LogP contribution in [-0.4, -0.2) is 56.6 Å². The number of anilines is 2. The molecule has 0 atom stereocenters. The molecule has 0 spiro atoms. The number of benzene rings is 1. The number of hydrogen-bond donors (Lipinski definition) is 1. The van der Waals surface area contributed by atoms with Crippen LogP contribution in [0.25, 0.3) is 5.82 Å². The first-order valence-electron chi connectivity index (χ1n) is 10.1. The van der Waals surface area contributed by atoms with E-state index in [9.17, 15) is 18.0 Å². The number of imidazole rings is 1. The number of hydrogen-bond acceptors (Lipinski definition) is 5. The van der Waals surface area contributed by atoms with Gasteiger partial charge in [0.25, 0.3) is 0 Å². The fraction of sp³-hybridized carbons (Fsp3) is 0.333.